The van der Waals surface area contributed by atoms with Crippen LogP contribution in [0.5, 0.6) is 5.75 Å². The Balaban J connectivity index is 1.91. The molecule has 0 radical (unpaired) electrons. The first-order chi connectivity index (χ1) is 10.2. The third-order valence-corrected chi connectivity index (χ3v) is 3.95. The zero-order chi connectivity index (χ0) is 14.8. The summed E-state index contributed by atoms with van der Waals surface area (Å²) < 4.78 is 18.7. The molecule has 0 atom stereocenters. The first kappa shape index (κ1) is 14.0. The van der Waals surface area contributed by atoms with Crippen LogP contribution in [0.2, 0.25) is 0 Å². The average Bonchev–Trinajstić information content (AvgIpc) is 2.49. The number of hydrogen-bond acceptors (Lipinski definition) is 5. The van der Waals surface area contributed by atoms with Crippen LogP contribution in [0.3, 0.4) is 0 Å². The third-order valence-electron chi connectivity index (χ3n) is 3.95. The van der Waals surface area contributed by atoms with Crippen LogP contribution in [-0.2, 0) is 0 Å². The lowest BCUT2D eigenvalue weighted by Crippen LogP contribution is -2.28. The van der Waals surface area contributed by atoms with Crippen molar-refractivity contribution in [2.75, 3.05) is 12.4 Å². The van der Waals surface area contributed by atoms with Gasteiger partial charge in [0.15, 0.2) is 11.6 Å². The number of fused-ring (bicyclic) bond motifs is 1. The first-order valence-corrected chi connectivity index (χ1v) is 7.10. The minimum absolute atomic E-state index is 0.180. The molecule has 1 aliphatic rings. The van der Waals surface area contributed by atoms with Crippen LogP contribution in [0.25, 0.3) is 10.9 Å². The molecule has 1 aliphatic carbocycles. The maximum atomic E-state index is 13.7. The molecule has 0 saturated heterocycles. The van der Waals surface area contributed by atoms with Crippen molar-refractivity contribution in [1.82, 2.24) is 9.97 Å². The van der Waals surface area contributed by atoms with E-state index in [1.165, 1.54) is 19.5 Å². The number of aromatic nitrogens is 2. The van der Waals surface area contributed by atoms with Crippen molar-refractivity contribution < 1.29 is 14.2 Å². The zero-order valence-electron chi connectivity index (χ0n) is 11.8. The Morgan fingerprint density at radius 3 is 2.71 bits per heavy atom. The van der Waals surface area contributed by atoms with Crippen molar-refractivity contribution in [2.45, 2.75) is 37.8 Å². The van der Waals surface area contributed by atoms with E-state index in [0.29, 0.717) is 11.3 Å². The standard InChI is InChI=1S/C15H18FN3O2/c1-21-14-6-11-13(7-12(14)16)17-8-18-15(11)19-9-2-4-10(20)5-3-9/h6-10,20H,2-5H2,1H3,(H,17,18,19). The maximum absolute atomic E-state index is 13.7. The van der Waals surface area contributed by atoms with E-state index in [4.69, 9.17) is 4.74 Å². The molecular formula is C15H18FN3O2. The highest BCUT2D eigenvalue weighted by atomic mass is 19.1. The smallest absolute Gasteiger partial charge is 0.167 e. The molecule has 1 aromatic heterocycles. The number of aliphatic hydroxyl groups is 1. The third kappa shape index (κ3) is 2.90. The van der Waals surface area contributed by atoms with E-state index in [9.17, 15) is 9.50 Å². The molecule has 1 fully saturated rings. The van der Waals surface area contributed by atoms with Crippen molar-refractivity contribution in [3.8, 4) is 5.75 Å². The van der Waals surface area contributed by atoms with E-state index in [1.54, 1.807) is 6.07 Å². The van der Waals surface area contributed by atoms with E-state index in [-0.39, 0.29) is 17.9 Å². The van der Waals surface area contributed by atoms with Crippen molar-refractivity contribution in [3.63, 3.8) is 0 Å². The lowest BCUT2D eigenvalue weighted by Gasteiger charge is -2.26. The Morgan fingerprint density at radius 1 is 1.24 bits per heavy atom. The number of aliphatic hydroxyl groups excluding tert-OH is 1. The van der Waals surface area contributed by atoms with Gasteiger partial charge in [-0.15, -0.1) is 0 Å². The number of hydrogen-bond donors (Lipinski definition) is 2. The summed E-state index contributed by atoms with van der Waals surface area (Å²) in [6.45, 7) is 0. The predicted octanol–water partition coefficient (Wildman–Crippen LogP) is 2.49. The summed E-state index contributed by atoms with van der Waals surface area (Å²) in [5, 5.41) is 13.7. The number of benzene rings is 1. The highest BCUT2D eigenvalue weighted by Gasteiger charge is 2.20. The molecule has 2 N–H and O–H groups in total. The summed E-state index contributed by atoms with van der Waals surface area (Å²) in [7, 11) is 1.43. The summed E-state index contributed by atoms with van der Waals surface area (Å²) in [4.78, 5) is 8.36. The quantitative estimate of drug-likeness (QED) is 0.909. The topological polar surface area (TPSA) is 67.3 Å². The summed E-state index contributed by atoms with van der Waals surface area (Å²) in [6.07, 6.45) is 4.60. The van der Waals surface area contributed by atoms with Crippen molar-refractivity contribution in [2.24, 2.45) is 0 Å². The van der Waals surface area contributed by atoms with Gasteiger partial charge < -0.3 is 15.2 Å². The largest absolute Gasteiger partial charge is 0.494 e. The molecule has 2 aromatic rings. The molecule has 0 unspecified atom stereocenters. The van der Waals surface area contributed by atoms with Crippen LogP contribution in [0.1, 0.15) is 25.7 Å². The molecule has 0 bridgehead atoms. The monoisotopic (exact) mass is 291 g/mol. The van der Waals surface area contributed by atoms with Crippen molar-refractivity contribution >= 4 is 16.7 Å². The van der Waals surface area contributed by atoms with Crippen LogP contribution >= 0.6 is 0 Å². The van der Waals surface area contributed by atoms with Crippen molar-refractivity contribution in [3.05, 3.63) is 24.3 Å². The van der Waals surface area contributed by atoms with E-state index in [2.05, 4.69) is 15.3 Å². The Hall–Kier alpha value is -1.95. The zero-order valence-corrected chi connectivity index (χ0v) is 11.8. The Kier molecular flexibility index (Phi) is 3.88. The summed E-state index contributed by atoms with van der Waals surface area (Å²) in [5.41, 5.74) is 0.543. The van der Waals surface area contributed by atoms with Crippen LogP contribution in [0.4, 0.5) is 10.2 Å². The SMILES string of the molecule is COc1cc2c(NC3CCC(O)CC3)ncnc2cc1F. The number of ether oxygens (including phenoxy) is 1. The second kappa shape index (κ2) is 5.81. The fourth-order valence-electron chi connectivity index (χ4n) is 2.74. The Bertz CT molecular complexity index is 642. The molecule has 112 valence electrons. The molecule has 1 heterocycles. The Labute approximate surface area is 122 Å². The molecule has 1 aromatic carbocycles. The number of nitrogens with one attached hydrogen (secondary N) is 1. The normalized spacial score (nSPS) is 22.2. The van der Waals surface area contributed by atoms with E-state index in [0.717, 1.165) is 31.1 Å². The van der Waals surface area contributed by atoms with Gasteiger partial charge in [-0.25, -0.2) is 14.4 Å². The van der Waals surface area contributed by atoms with Gasteiger partial charge in [0.25, 0.3) is 0 Å². The van der Waals surface area contributed by atoms with Gasteiger partial charge >= 0.3 is 0 Å². The van der Waals surface area contributed by atoms with Crippen LogP contribution < -0.4 is 10.1 Å². The maximum Gasteiger partial charge on any atom is 0.167 e. The van der Waals surface area contributed by atoms with Crippen LogP contribution in [0, 0.1) is 5.82 Å². The number of nitrogens with zero attached hydrogens (tertiary/aromatic N) is 2. The molecule has 21 heavy (non-hydrogen) atoms. The summed E-state index contributed by atoms with van der Waals surface area (Å²) >= 11 is 0. The molecule has 0 spiro atoms. The minimum Gasteiger partial charge on any atom is -0.494 e. The highest BCUT2D eigenvalue weighted by molar-refractivity contribution is 5.90. The van der Waals surface area contributed by atoms with Gasteiger partial charge in [0.1, 0.15) is 12.1 Å². The summed E-state index contributed by atoms with van der Waals surface area (Å²) in [5.74, 6) is 0.426. The van der Waals surface area contributed by atoms with Gasteiger partial charge in [-0.3, -0.25) is 0 Å². The van der Waals surface area contributed by atoms with E-state index >= 15 is 0 Å². The molecule has 0 amide bonds. The Morgan fingerprint density at radius 2 is 2.00 bits per heavy atom. The molecule has 0 aliphatic heterocycles. The second-order valence-electron chi connectivity index (χ2n) is 5.38. The molecule has 5 nitrogen and oxygen atoms in total. The molecule has 1 saturated carbocycles. The fourth-order valence-corrected chi connectivity index (χ4v) is 2.74. The summed E-state index contributed by atoms with van der Waals surface area (Å²) in [6, 6.07) is 3.23. The number of methoxy groups -OCH3 is 1. The van der Waals surface area contributed by atoms with Crippen LogP contribution in [0.15, 0.2) is 18.5 Å². The number of halogens is 1. The van der Waals surface area contributed by atoms with Gasteiger partial charge in [-0.2, -0.15) is 0 Å². The predicted molar refractivity (Wildman–Crippen MR) is 77.9 cm³/mol. The highest BCUT2D eigenvalue weighted by Crippen LogP contribution is 2.29. The van der Waals surface area contributed by atoms with Crippen molar-refractivity contribution in [1.29, 1.82) is 0 Å². The fraction of sp³-hybridized carbons (Fsp3) is 0.467. The molecule has 6 heteroatoms. The lowest BCUT2D eigenvalue weighted by atomic mass is 9.93. The van der Waals surface area contributed by atoms with E-state index < -0.39 is 5.82 Å². The molecule has 3 rings (SSSR count). The second-order valence-corrected chi connectivity index (χ2v) is 5.38. The van der Waals surface area contributed by atoms with E-state index in [1.807, 2.05) is 0 Å². The lowest BCUT2D eigenvalue weighted by molar-refractivity contribution is 0.126. The average molecular weight is 291 g/mol. The first-order valence-electron chi connectivity index (χ1n) is 7.10. The van der Waals surface area contributed by atoms with Gasteiger partial charge in [0.05, 0.1) is 18.7 Å². The van der Waals surface area contributed by atoms with Gasteiger partial charge in [-0.05, 0) is 31.7 Å². The minimum atomic E-state index is -0.435. The van der Waals surface area contributed by atoms with Crippen LogP contribution in [-0.4, -0.2) is 34.3 Å². The van der Waals surface area contributed by atoms with Gasteiger partial charge in [0.2, 0.25) is 0 Å². The molecular weight excluding hydrogens is 273 g/mol. The van der Waals surface area contributed by atoms with Gasteiger partial charge in [-0.1, -0.05) is 0 Å². The number of anilines is 1. The number of rotatable bonds is 3. The van der Waals surface area contributed by atoms with Gasteiger partial charge in [0, 0.05) is 17.5 Å².